The van der Waals surface area contributed by atoms with Gasteiger partial charge in [0.2, 0.25) is 0 Å². The van der Waals surface area contributed by atoms with Crippen molar-refractivity contribution in [1.29, 1.82) is 0 Å². The molecule has 136 valence electrons. The van der Waals surface area contributed by atoms with E-state index in [2.05, 4.69) is 25.1 Å². The molecule has 0 spiro atoms. The Morgan fingerprint density at radius 2 is 1.52 bits per heavy atom. The number of fused-ring (bicyclic) bond motifs is 1. The molecule has 8 nitrogen and oxygen atoms in total. The zero-order valence-electron chi connectivity index (χ0n) is 14.4. The van der Waals surface area contributed by atoms with Gasteiger partial charge in [0.15, 0.2) is 11.6 Å². The molecule has 0 radical (unpaired) electrons. The Morgan fingerprint density at radius 1 is 0.889 bits per heavy atom. The molecule has 0 aliphatic carbocycles. The Balaban J connectivity index is 1.79. The first-order valence-electron chi connectivity index (χ1n) is 8.12. The van der Waals surface area contributed by atoms with E-state index in [4.69, 9.17) is 0 Å². The molecule has 0 unspecified atom stereocenters. The van der Waals surface area contributed by atoms with Crippen molar-refractivity contribution in [3.63, 3.8) is 0 Å². The van der Waals surface area contributed by atoms with Crippen LogP contribution in [0, 0.1) is 0 Å². The summed E-state index contributed by atoms with van der Waals surface area (Å²) in [5.41, 5.74) is 2.00. The number of hydrogen-bond donors (Lipinski definition) is 2. The number of benzene rings is 2. The van der Waals surface area contributed by atoms with Gasteiger partial charge >= 0.3 is 0 Å². The lowest BCUT2D eigenvalue weighted by molar-refractivity contribution is 0.601. The Labute approximate surface area is 155 Å². The number of anilines is 3. The summed E-state index contributed by atoms with van der Waals surface area (Å²) in [4.78, 5) is 9.03. The maximum atomic E-state index is 12.7. The number of aryl methyl sites for hydroxylation is 1. The first-order chi connectivity index (χ1) is 13.0. The molecule has 0 saturated carbocycles. The van der Waals surface area contributed by atoms with E-state index < -0.39 is 10.0 Å². The highest BCUT2D eigenvalue weighted by Gasteiger charge is 2.20. The van der Waals surface area contributed by atoms with E-state index >= 15 is 0 Å². The van der Waals surface area contributed by atoms with Crippen molar-refractivity contribution in [2.45, 2.75) is 4.90 Å². The van der Waals surface area contributed by atoms with Crippen molar-refractivity contribution in [3.8, 4) is 0 Å². The highest BCUT2D eigenvalue weighted by molar-refractivity contribution is 7.92. The molecule has 2 aromatic heterocycles. The highest BCUT2D eigenvalue weighted by Crippen LogP contribution is 2.26. The number of rotatable bonds is 5. The van der Waals surface area contributed by atoms with Gasteiger partial charge in [-0.1, -0.05) is 30.3 Å². The molecular weight excluding hydrogens is 364 g/mol. The van der Waals surface area contributed by atoms with E-state index in [1.807, 2.05) is 48.5 Å². The topological polar surface area (TPSA) is 102 Å². The Kier molecular flexibility index (Phi) is 4.21. The van der Waals surface area contributed by atoms with Crippen LogP contribution in [-0.2, 0) is 17.1 Å². The lowest BCUT2D eigenvalue weighted by Crippen LogP contribution is -2.15. The van der Waals surface area contributed by atoms with Crippen LogP contribution in [0.3, 0.4) is 0 Å². The minimum atomic E-state index is -3.85. The van der Waals surface area contributed by atoms with E-state index in [1.54, 1.807) is 13.1 Å². The van der Waals surface area contributed by atoms with Crippen molar-refractivity contribution >= 4 is 38.4 Å². The average molecular weight is 380 g/mol. The second-order valence-electron chi connectivity index (χ2n) is 5.86. The lowest BCUT2D eigenvalue weighted by atomic mass is 10.3. The molecule has 9 heteroatoms. The molecule has 27 heavy (non-hydrogen) atoms. The largest absolute Gasteiger partial charge is 0.337 e. The predicted octanol–water partition coefficient (Wildman–Crippen LogP) is 2.91. The van der Waals surface area contributed by atoms with Crippen molar-refractivity contribution < 1.29 is 8.42 Å². The average Bonchev–Trinajstić information content (AvgIpc) is 3.10. The third-order valence-electron chi connectivity index (χ3n) is 3.83. The van der Waals surface area contributed by atoms with Crippen LogP contribution in [0.25, 0.3) is 11.0 Å². The van der Waals surface area contributed by atoms with Gasteiger partial charge in [-0.2, -0.15) is 5.10 Å². The molecule has 4 rings (SSSR count). The zero-order valence-corrected chi connectivity index (χ0v) is 15.2. The molecule has 0 aliphatic rings. The van der Waals surface area contributed by atoms with Crippen LogP contribution < -0.4 is 10.0 Å². The molecule has 0 fully saturated rings. The van der Waals surface area contributed by atoms with Crippen LogP contribution in [0.5, 0.6) is 0 Å². The SMILES string of the molecule is Cn1cc(S(=O)(=O)Nc2nc3ccccc3nc2Nc2ccccc2)cn1. The summed E-state index contributed by atoms with van der Waals surface area (Å²) in [5, 5.41) is 7.03. The second kappa shape index (κ2) is 6.69. The van der Waals surface area contributed by atoms with Crippen molar-refractivity contribution in [1.82, 2.24) is 19.7 Å². The number of hydrogen-bond acceptors (Lipinski definition) is 6. The van der Waals surface area contributed by atoms with Crippen LogP contribution in [0.15, 0.2) is 71.9 Å². The van der Waals surface area contributed by atoms with Crippen molar-refractivity contribution in [3.05, 3.63) is 67.0 Å². The minimum absolute atomic E-state index is 0.0469. The van der Waals surface area contributed by atoms with Crippen LogP contribution in [0.4, 0.5) is 17.3 Å². The summed E-state index contributed by atoms with van der Waals surface area (Å²) in [6.07, 6.45) is 2.70. The number of nitrogens with one attached hydrogen (secondary N) is 2. The molecule has 0 saturated heterocycles. The molecule has 0 amide bonds. The first-order valence-corrected chi connectivity index (χ1v) is 9.60. The van der Waals surface area contributed by atoms with E-state index in [0.717, 1.165) is 5.69 Å². The van der Waals surface area contributed by atoms with E-state index in [0.29, 0.717) is 16.9 Å². The maximum Gasteiger partial charge on any atom is 0.266 e. The van der Waals surface area contributed by atoms with Crippen molar-refractivity contribution in [2.24, 2.45) is 7.05 Å². The Bertz CT molecular complexity index is 1200. The fourth-order valence-electron chi connectivity index (χ4n) is 2.54. The fourth-order valence-corrected chi connectivity index (χ4v) is 3.53. The fraction of sp³-hybridized carbons (Fsp3) is 0.0556. The van der Waals surface area contributed by atoms with Crippen LogP contribution in [-0.4, -0.2) is 28.2 Å². The smallest absolute Gasteiger partial charge is 0.266 e. The number of para-hydroxylation sites is 3. The van der Waals surface area contributed by atoms with E-state index in [1.165, 1.54) is 17.1 Å². The number of aromatic nitrogens is 4. The van der Waals surface area contributed by atoms with Gasteiger partial charge in [0.25, 0.3) is 10.0 Å². The summed E-state index contributed by atoms with van der Waals surface area (Å²) in [6.45, 7) is 0. The van der Waals surface area contributed by atoms with Gasteiger partial charge in [0.05, 0.1) is 17.2 Å². The normalized spacial score (nSPS) is 11.4. The van der Waals surface area contributed by atoms with Crippen LogP contribution in [0.1, 0.15) is 0 Å². The second-order valence-corrected chi connectivity index (χ2v) is 7.54. The van der Waals surface area contributed by atoms with Crippen molar-refractivity contribution in [2.75, 3.05) is 10.0 Å². The molecule has 0 bridgehead atoms. The third-order valence-corrected chi connectivity index (χ3v) is 5.12. The standard InChI is InChI=1S/C18H16N6O2S/c1-24-12-14(11-19-24)27(25,26)23-18-17(20-13-7-3-2-4-8-13)21-15-9-5-6-10-16(15)22-18/h2-12H,1H3,(H,20,21)(H,22,23). The predicted molar refractivity (Wildman–Crippen MR) is 103 cm³/mol. The first kappa shape index (κ1) is 17.0. The molecule has 2 aromatic carbocycles. The van der Waals surface area contributed by atoms with Gasteiger partial charge in [-0.3, -0.25) is 9.40 Å². The zero-order chi connectivity index (χ0) is 18.9. The lowest BCUT2D eigenvalue weighted by Gasteiger charge is -2.13. The monoisotopic (exact) mass is 380 g/mol. The van der Waals surface area contributed by atoms with Gasteiger partial charge < -0.3 is 5.32 Å². The molecule has 0 atom stereocenters. The summed E-state index contributed by atoms with van der Waals surface area (Å²) in [6, 6.07) is 16.6. The Hall–Kier alpha value is -3.46. The summed E-state index contributed by atoms with van der Waals surface area (Å²) >= 11 is 0. The summed E-state index contributed by atoms with van der Waals surface area (Å²) in [7, 11) is -2.20. The molecule has 0 aliphatic heterocycles. The van der Waals surface area contributed by atoms with Gasteiger partial charge in [-0.25, -0.2) is 18.4 Å². The maximum absolute atomic E-state index is 12.7. The van der Waals surface area contributed by atoms with Crippen LogP contribution in [0.2, 0.25) is 0 Å². The molecular formula is C18H16N6O2S. The number of sulfonamides is 1. The third kappa shape index (κ3) is 3.58. The quantitative estimate of drug-likeness (QED) is 0.552. The summed E-state index contributed by atoms with van der Waals surface area (Å²) < 4.78 is 29.3. The molecule has 2 N–H and O–H groups in total. The highest BCUT2D eigenvalue weighted by atomic mass is 32.2. The Morgan fingerprint density at radius 3 is 2.15 bits per heavy atom. The van der Waals surface area contributed by atoms with E-state index in [-0.39, 0.29) is 10.7 Å². The van der Waals surface area contributed by atoms with Gasteiger partial charge in [-0.05, 0) is 24.3 Å². The summed E-state index contributed by atoms with van der Waals surface area (Å²) in [5.74, 6) is 0.425. The molecule has 4 aromatic rings. The molecule has 2 heterocycles. The van der Waals surface area contributed by atoms with Gasteiger partial charge in [0, 0.05) is 18.9 Å². The van der Waals surface area contributed by atoms with E-state index in [9.17, 15) is 8.42 Å². The van der Waals surface area contributed by atoms with Gasteiger partial charge in [0.1, 0.15) is 4.90 Å². The number of nitrogens with zero attached hydrogens (tertiary/aromatic N) is 4. The van der Waals surface area contributed by atoms with Gasteiger partial charge in [-0.15, -0.1) is 0 Å². The van der Waals surface area contributed by atoms with Crippen LogP contribution >= 0.6 is 0 Å². The minimum Gasteiger partial charge on any atom is -0.337 e.